The number of anilines is 1. The Morgan fingerprint density at radius 2 is 2.22 bits per heavy atom. The number of piperidine rings is 1. The largest absolute Gasteiger partial charge is 0.408 e. The Hall–Kier alpha value is -1.47. The van der Waals surface area contributed by atoms with Crippen LogP contribution in [0.3, 0.4) is 0 Å². The maximum atomic E-state index is 11.7. The first-order valence-corrected chi connectivity index (χ1v) is 6.10. The molecule has 2 heterocycles. The molecule has 0 unspecified atom stereocenters. The molecule has 100 valence electrons. The molecule has 1 amide bonds. The van der Waals surface area contributed by atoms with Crippen LogP contribution in [0.2, 0.25) is 0 Å². The lowest BCUT2D eigenvalue weighted by Gasteiger charge is -2.30. The summed E-state index contributed by atoms with van der Waals surface area (Å²) in [5, 5.41) is 18.9. The molecule has 1 saturated heterocycles. The second-order valence-electron chi connectivity index (χ2n) is 4.58. The zero-order valence-electron chi connectivity index (χ0n) is 10.4. The van der Waals surface area contributed by atoms with Crippen LogP contribution in [-0.4, -0.2) is 52.4 Å². The van der Waals surface area contributed by atoms with E-state index in [-0.39, 0.29) is 18.5 Å². The molecule has 2 N–H and O–H groups in total. The molecule has 2 rings (SSSR count). The molecule has 1 aliphatic rings. The third-order valence-corrected chi connectivity index (χ3v) is 3.10. The number of hydrogen-bond donors (Lipinski definition) is 2. The molecule has 1 fully saturated rings. The van der Waals surface area contributed by atoms with Crippen molar-refractivity contribution < 1.29 is 14.3 Å². The lowest BCUT2D eigenvalue weighted by atomic mass is 9.98. The van der Waals surface area contributed by atoms with Gasteiger partial charge in [0.1, 0.15) is 0 Å². The molecule has 0 spiro atoms. The zero-order chi connectivity index (χ0) is 13.0. The second kappa shape index (κ2) is 5.92. The van der Waals surface area contributed by atoms with Crippen molar-refractivity contribution in [2.75, 3.05) is 31.6 Å². The minimum atomic E-state index is -0.152. The Kier molecular flexibility index (Phi) is 4.27. The highest BCUT2D eigenvalue weighted by Gasteiger charge is 2.20. The van der Waals surface area contributed by atoms with Crippen LogP contribution < -0.4 is 5.32 Å². The SMILES string of the molecule is Cc1nnc(NC(=O)CN2CCC(CO)CC2)o1. The van der Waals surface area contributed by atoms with E-state index in [1.54, 1.807) is 6.92 Å². The van der Waals surface area contributed by atoms with Crippen LogP contribution in [-0.2, 0) is 4.79 Å². The van der Waals surface area contributed by atoms with E-state index >= 15 is 0 Å². The number of carbonyl (C=O) groups excluding carboxylic acids is 1. The van der Waals surface area contributed by atoms with Crippen LogP contribution in [0.4, 0.5) is 6.01 Å². The average Bonchev–Trinajstić information content (AvgIpc) is 2.75. The number of aromatic nitrogens is 2. The van der Waals surface area contributed by atoms with Gasteiger partial charge in [-0.1, -0.05) is 5.10 Å². The Morgan fingerprint density at radius 1 is 1.50 bits per heavy atom. The van der Waals surface area contributed by atoms with Crippen LogP contribution >= 0.6 is 0 Å². The predicted octanol–water partition coefficient (Wildman–Crippen LogP) is 0.0208. The van der Waals surface area contributed by atoms with Gasteiger partial charge in [0.05, 0.1) is 6.54 Å². The highest BCUT2D eigenvalue weighted by atomic mass is 16.4. The summed E-state index contributed by atoms with van der Waals surface area (Å²) in [5.74, 6) is 0.651. The van der Waals surface area contributed by atoms with Gasteiger partial charge in [0.25, 0.3) is 0 Å². The van der Waals surface area contributed by atoms with Crippen molar-refractivity contribution in [3.8, 4) is 0 Å². The van der Waals surface area contributed by atoms with Crippen molar-refractivity contribution in [2.24, 2.45) is 5.92 Å². The molecule has 0 aliphatic carbocycles. The standard InChI is InChI=1S/C11H18N4O3/c1-8-13-14-11(18-8)12-10(17)6-15-4-2-9(7-16)3-5-15/h9,16H,2-7H2,1H3,(H,12,14,17). The number of amides is 1. The molecule has 18 heavy (non-hydrogen) atoms. The lowest BCUT2D eigenvalue weighted by molar-refractivity contribution is -0.117. The minimum absolute atomic E-state index is 0.141. The third kappa shape index (κ3) is 3.51. The number of likely N-dealkylation sites (tertiary alicyclic amines) is 1. The van der Waals surface area contributed by atoms with Gasteiger partial charge in [0, 0.05) is 13.5 Å². The molecular weight excluding hydrogens is 236 g/mol. The summed E-state index contributed by atoms with van der Waals surface area (Å²) in [6.45, 7) is 3.90. The normalized spacial score (nSPS) is 17.9. The summed E-state index contributed by atoms with van der Waals surface area (Å²) in [6, 6.07) is 0.141. The van der Waals surface area contributed by atoms with E-state index in [2.05, 4.69) is 20.4 Å². The quantitative estimate of drug-likeness (QED) is 0.787. The van der Waals surface area contributed by atoms with E-state index < -0.39 is 0 Å². The summed E-state index contributed by atoms with van der Waals surface area (Å²) in [6.07, 6.45) is 1.87. The van der Waals surface area contributed by atoms with Gasteiger partial charge in [0.15, 0.2) is 0 Å². The maximum Gasteiger partial charge on any atom is 0.322 e. The van der Waals surface area contributed by atoms with Gasteiger partial charge in [-0.2, -0.15) is 0 Å². The summed E-state index contributed by atoms with van der Waals surface area (Å²) in [7, 11) is 0. The van der Waals surface area contributed by atoms with Gasteiger partial charge in [-0.05, 0) is 31.8 Å². The van der Waals surface area contributed by atoms with Crippen LogP contribution in [0, 0.1) is 12.8 Å². The Balaban J connectivity index is 1.75. The van der Waals surface area contributed by atoms with E-state index in [0.717, 1.165) is 25.9 Å². The monoisotopic (exact) mass is 254 g/mol. The van der Waals surface area contributed by atoms with Crippen molar-refractivity contribution in [2.45, 2.75) is 19.8 Å². The van der Waals surface area contributed by atoms with Crippen LogP contribution in [0.15, 0.2) is 4.42 Å². The van der Waals surface area contributed by atoms with Crippen LogP contribution in [0.25, 0.3) is 0 Å². The molecule has 7 nitrogen and oxygen atoms in total. The van der Waals surface area contributed by atoms with Gasteiger partial charge < -0.3 is 9.52 Å². The van der Waals surface area contributed by atoms with Crippen molar-refractivity contribution in [1.82, 2.24) is 15.1 Å². The highest BCUT2D eigenvalue weighted by molar-refractivity contribution is 5.90. The number of hydrogen-bond acceptors (Lipinski definition) is 6. The minimum Gasteiger partial charge on any atom is -0.408 e. The number of aryl methyl sites for hydroxylation is 1. The number of nitrogens with zero attached hydrogens (tertiary/aromatic N) is 3. The summed E-state index contributed by atoms with van der Waals surface area (Å²) in [5.41, 5.74) is 0. The predicted molar refractivity (Wildman–Crippen MR) is 63.9 cm³/mol. The maximum absolute atomic E-state index is 11.7. The first-order valence-electron chi connectivity index (χ1n) is 6.10. The third-order valence-electron chi connectivity index (χ3n) is 3.10. The van der Waals surface area contributed by atoms with Crippen LogP contribution in [0.5, 0.6) is 0 Å². The van der Waals surface area contributed by atoms with E-state index in [9.17, 15) is 4.79 Å². The number of aliphatic hydroxyl groups is 1. The van der Waals surface area contributed by atoms with Gasteiger partial charge in [0.2, 0.25) is 11.8 Å². The molecule has 7 heteroatoms. The number of nitrogens with one attached hydrogen (secondary N) is 1. The van der Waals surface area contributed by atoms with E-state index in [1.165, 1.54) is 0 Å². The fourth-order valence-electron chi connectivity index (χ4n) is 2.04. The molecule has 0 aromatic carbocycles. The highest BCUT2D eigenvalue weighted by Crippen LogP contribution is 2.16. The number of rotatable bonds is 4. The van der Waals surface area contributed by atoms with Gasteiger partial charge >= 0.3 is 6.01 Å². The van der Waals surface area contributed by atoms with Gasteiger partial charge in [-0.15, -0.1) is 5.10 Å². The molecule has 0 atom stereocenters. The molecule has 1 aromatic rings. The molecule has 0 radical (unpaired) electrons. The van der Waals surface area contributed by atoms with E-state index in [0.29, 0.717) is 18.4 Å². The molecule has 1 aliphatic heterocycles. The fourth-order valence-corrected chi connectivity index (χ4v) is 2.04. The lowest BCUT2D eigenvalue weighted by Crippen LogP contribution is -2.39. The molecule has 1 aromatic heterocycles. The average molecular weight is 254 g/mol. The van der Waals surface area contributed by atoms with Crippen LogP contribution in [0.1, 0.15) is 18.7 Å². The van der Waals surface area contributed by atoms with Gasteiger partial charge in [-0.25, -0.2) is 0 Å². The number of aliphatic hydroxyl groups excluding tert-OH is 1. The number of carbonyl (C=O) groups is 1. The van der Waals surface area contributed by atoms with Crippen molar-refractivity contribution in [3.63, 3.8) is 0 Å². The Labute approximate surface area is 105 Å². The van der Waals surface area contributed by atoms with E-state index in [4.69, 9.17) is 9.52 Å². The van der Waals surface area contributed by atoms with E-state index in [1.807, 2.05) is 0 Å². The first kappa shape index (κ1) is 13.0. The smallest absolute Gasteiger partial charge is 0.322 e. The Morgan fingerprint density at radius 3 is 2.78 bits per heavy atom. The summed E-state index contributed by atoms with van der Waals surface area (Å²) < 4.78 is 5.07. The van der Waals surface area contributed by atoms with Gasteiger partial charge in [-0.3, -0.25) is 15.0 Å². The summed E-state index contributed by atoms with van der Waals surface area (Å²) in [4.78, 5) is 13.8. The first-order chi connectivity index (χ1) is 8.67. The fraction of sp³-hybridized carbons (Fsp3) is 0.727. The summed E-state index contributed by atoms with van der Waals surface area (Å²) >= 11 is 0. The topological polar surface area (TPSA) is 91.5 Å². The molecule has 0 bridgehead atoms. The molecular formula is C11H18N4O3. The van der Waals surface area contributed by atoms with Crippen molar-refractivity contribution in [1.29, 1.82) is 0 Å². The second-order valence-corrected chi connectivity index (χ2v) is 4.58. The Bertz CT molecular complexity index is 399. The zero-order valence-corrected chi connectivity index (χ0v) is 10.4. The van der Waals surface area contributed by atoms with Crippen molar-refractivity contribution >= 4 is 11.9 Å². The van der Waals surface area contributed by atoms with Crippen molar-refractivity contribution in [3.05, 3.63) is 5.89 Å². The molecule has 0 saturated carbocycles.